The van der Waals surface area contributed by atoms with Crippen LogP contribution < -0.4 is 4.74 Å². The minimum absolute atomic E-state index is 0.681. The lowest BCUT2D eigenvalue weighted by Gasteiger charge is -2.08. The van der Waals surface area contributed by atoms with Gasteiger partial charge in [-0.3, -0.25) is 9.67 Å². The predicted octanol–water partition coefficient (Wildman–Crippen LogP) is 4.69. The maximum absolute atomic E-state index is 6.03. The zero-order valence-corrected chi connectivity index (χ0v) is 15.1. The molecule has 0 fully saturated rings. The lowest BCUT2D eigenvalue weighted by atomic mass is 10.1. The molecule has 4 rings (SSSR count). The van der Waals surface area contributed by atoms with Crippen molar-refractivity contribution in [3.05, 3.63) is 66.1 Å². The van der Waals surface area contributed by atoms with Gasteiger partial charge in [-0.25, -0.2) is 4.98 Å². The molecule has 1 aromatic carbocycles. The van der Waals surface area contributed by atoms with Crippen molar-refractivity contribution in [3.63, 3.8) is 0 Å². The number of rotatable bonds is 4. The Hall–Kier alpha value is -3.21. The Morgan fingerprint density at radius 3 is 2.77 bits per heavy atom. The second kappa shape index (κ2) is 6.59. The second-order valence-electron chi connectivity index (χ2n) is 6.28. The van der Waals surface area contributed by atoms with E-state index >= 15 is 0 Å². The molecule has 0 radical (unpaired) electrons. The maximum atomic E-state index is 6.03. The fourth-order valence-corrected chi connectivity index (χ4v) is 3.06. The van der Waals surface area contributed by atoms with Gasteiger partial charge in [0.2, 0.25) is 0 Å². The third-order valence-electron chi connectivity index (χ3n) is 4.43. The molecule has 0 amide bonds. The highest BCUT2D eigenvalue weighted by Gasteiger charge is 2.09. The highest BCUT2D eigenvalue weighted by atomic mass is 16.5. The Morgan fingerprint density at radius 2 is 1.92 bits per heavy atom. The van der Waals surface area contributed by atoms with Gasteiger partial charge in [0.1, 0.15) is 17.0 Å². The first-order chi connectivity index (χ1) is 12.6. The van der Waals surface area contributed by atoms with Gasteiger partial charge in [-0.1, -0.05) is 25.1 Å². The molecule has 0 aliphatic carbocycles. The molecule has 5 heteroatoms. The largest absolute Gasteiger partial charge is 0.456 e. The van der Waals surface area contributed by atoms with Crippen LogP contribution in [-0.4, -0.2) is 19.7 Å². The van der Waals surface area contributed by atoms with E-state index in [9.17, 15) is 0 Å². The zero-order chi connectivity index (χ0) is 18.1. The summed E-state index contributed by atoms with van der Waals surface area (Å²) in [6.45, 7) is 4.10. The van der Waals surface area contributed by atoms with E-state index in [0.29, 0.717) is 5.75 Å². The molecule has 3 aromatic heterocycles. The molecule has 0 bridgehead atoms. The van der Waals surface area contributed by atoms with E-state index < -0.39 is 0 Å². The van der Waals surface area contributed by atoms with Gasteiger partial charge in [-0.05, 0) is 31.0 Å². The minimum Gasteiger partial charge on any atom is -0.456 e. The number of benzene rings is 1. The summed E-state index contributed by atoms with van der Waals surface area (Å²) in [5, 5.41) is 4.40. The van der Waals surface area contributed by atoms with Gasteiger partial charge >= 0.3 is 0 Å². The van der Waals surface area contributed by atoms with Gasteiger partial charge in [-0.2, -0.15) is 5.10 Å². The van der Waals surface area contributed by atoms with Crippen LogP contribution in [0.15, 0.2) is 54.9 Å². The summed E-state index contributed by atoms with van der Waals surface area (Å²) in [5.41, 5.74) is 6.03. The summed E-state index contributed by atoms with van der Waals surface area (Å²) in [6, 6.07) is 14.2. The molecule has 0 spiro atoms. The molecule has 4 aromatic rings. The lowest BCUT2D eigenvalue weighted by molar-refractivity contribution is 0.480. The first kappa shape index (κ1) is 16.3. The molecule has 3 heterocycles. The van der Waals surface area contributed by atoms with Crippen LogP contribution in [0.5, 0.6) is 11.5 Å². The molecule has 0 aliphatic rings. The number of aromatic nitrogens is 4. The number of hydrogen-bond acceptors (Lipinski definition) is 4. The van der Waals surface area contributed by atoms with Crippen molar-refractivity contribution >= 4 is 11.0 Å². The lowest BCUT2D eigenvalue weighted by Crippen LogP contribution is -1.92. The van der Waals surface area contributed by atoms with Gasteiger partial charge in [0.05, 0.1) is 23.1 Å². The normalized spacial score (nSPS) is 11.0. The standard InChI is InChI=1S/C21H20N4O/c1-4-15-6-5-7-16(10-15)19-11-17(8-9-22-19)26-18-12-20-21(23-13-18)14(2)24-25(20)3/h5-13H,4H2,1-3H3. The fraction of sp³-hybridized carbons (Fsp3) is 0.190. The third-order valence-corrected chi connectivity index (χ3v) is 4.43. The van der Waals surface area contributed by atoms with Crippen molar-refractivity contribution in [3.8, 4) is 22.8 Å². The van der Waals surface area contributed by atoms with E-state index in [4.69, 9.17) is 4.74 Å². The molecule has 0 atom stereocenters. The summed E-state index contributed by atoms with van der Waals surface area (Å²) >= 11 is 0. The summed E-state index contributed by atoms with van der Waals surface area (Å²) in [7, 11) is 1.91. The SMILES string of the molecule is CCc1cccc(-c2cc(Oc3cnc4c(C)nn(C)c4c3)ccn2)c1. The molecule has 130 valence electrons. The van der Waals surface area contributed by atoms with Gasteiger partial charge in [0.25, 0.3) is 0 Å². The molecule has 5 nitrogen and oxygen atoms in total. The van der Waals surface area contributed by atoms with E-state index in [1.54, 1.807) is 12.4 Å². The second-order valence-corrected chi connectivity index (χ2v) is 6.28. The summed E-state index contributed by atoms with van der Waals surface area (Å²) < 4.78 is 7.84. The van der Waals surface area contributed by atoms with E-state index in [2.05, 4.69) is 46.3 Å². The summed E-state index contributed by atoms with van der Waals surface area (Å²) in [4.78, 5) is 8.96. The number of fused-ring (bicyclic) bond motifs is 1. The van der Waals surface area contributed by atoms with Gasteiger partial charge in [-0.15, -0.1) is 0 Å². The van der Waals surface area contributed by atoms with Crippen LogP contribution in [0, 0.1) is 6.92 Å². The van der Waals surface area contributed by atoms with Crippen LogP contribution in [0.4, 0.5) is 0 Å². The van der Waals surface area contributed by atoms with Gasteiger partial charge in [0.15, 0.2) is 0 Å². The first-order valence-electron chi connectivity index (χ1n) is 8.66. The number of pyridine rings is 2. The predicted molar refractivity (Wildman–Crippen MR) is 102 cm³/mol. The van der Waals surface area contributed by atoms with Gasteiger partial charge in [0, 0.05) is 30.9 Å². The molecule has 0 N–H and O–H groups in total. The van der Waals surface area contributed by atoms with Crippen molar-refractivity contribution in [1.29, 1.82) is 0 Å². The molecule has 26 heavy (non-hydrogen) atoms. The van der Waals surface area contributed by atoms with Crippen molar-refractivity contribution in [1.82, 2.24) is 19.7 Å². The Balaban J connectivity index is 1.65. The van der Waals surface area contributed by atoms with Crippen LogP contribution in [-0.2, 0) is 13.5 Å². The molecular formula is C21H20N4O. The van der Waals surface area contributed by atoms with Crippen LogP contribution in [0.1, 0.15) is 18.2 Å². The highest BCUT2D eigenvalue weighted by molar-refractivity contribution is 5.78. The Bertz CT molecular complexity index is 1080. The molecule has 0 aliphatic heterocycles. The fourth-order valence-electron chi connectivity index (χ4n) is 3.06. The number of aryl methyl sites for hydroxylation is 3. The zero-order valence-electron chi connectivity index (χ0n) is 15.1. The molecule has 0 unspecified atom stereocenters. The topological polar surface area (TPSA) is 52.8 Å². The number of hydrogen-bond donors (Lipinski definition) is 0. The van der Waals surface area contributed by atoms with Crippen LogP contribution in [0.25, 0.3) is 22.3 Å². The smallest absolute Gasteiger partial charge is 0.147 e. The van der Waals surface area contributed by atoms with Crippen molar-refractivity contribution in [2.75, 3.05) is 0 Å². The summed E-state index contributed by atoms with van der Waals surface area (Å²) in [5.74, 6) is 1.41. The van der Waals surface area contributed by atoms with E-state index in [1.165, 1.54) is 5.56 Å². The Labute approximate surface area is 152 Å². The van der Waals surface area contributed by atoms with Crippen molar-refractivity contribution in [2.24, 2.45) is 7.05 Å². The number of ether oxygens (including phenoxy) is 1. The molecule has 0 saturated heterocycles. The average molecular weight is 344 g/mol. The van der Waals surface area contributed by atoms with Crippen LogP contribution in [0.3, 0.4) is 0 Å². The third kappa shape index (κ3) is 3.04. The quantitative estimate of drug-likeness (QED) is 0.539. The monoisotopic (exact) mass is 344 g/mol. The molecular weight excluding hydrogens is 324 g/mol. The average Bonchev–Trinajstić information content (AvgIpc) is 2.95. The van der Waals surface area contributed by atoms with E-state index in [-0.39, 0.29) is 0 Å². The van der Waals surface area contributed by atoms with Gasteiger partial charge < -0.3 is 4.74 Å². The highest BCUT2D eigenvalue weighted by Crippen LogP contribution is 2.28. The molecule has 0 saturated carbocycles. The Morgan fingerprint density at radius 1 is 1.04 bits per heavy atom. The first-order valence-corrected chi connectivity index (χ1v) is 8.66. The maximum Gasteiger partial charge on any atom is 0.147 e. The van der Waals surface area contributed by atoms with E-state index in [1.807, 2.05) is 36.9 Å². The Kier molecular flexibility index (Phi) is 4.13. The van der Waals surface area contributed by atoms with Crippen molar-refractivity contribution < 1.29 is 4.74 Å². The van der Waals surface area contributed by atoms with Crippen LogP contribution in [0.2, 0.25) is 0 Å². The summed E-state index contributed by atoms with van der Waals surface area (Å²) in [6.07, 6.45) is 4.50. The number of nitrogens with zero attached hydrogens (tertiary/aromatic N) is 4. The van der Waals surface area contributed by atoms with Crippen LogP contribution >= 0.6 is 0 Å². The van der Waals surface area contributed by atoms with Crippen molar-refractivity contribution in [2.45, 2.75) is 20.3 Å². The van der Waals surface area contributed by atoms with E-state index in [0.717, 1.165) is 40.2 Å². The minimum atomic E-state index is 0.681.